The Balaban J connectivity index is 1.59. The number of hydrogen-bond donors (Lipinski definition) is 6. The number of nitrogens with zero attached hydrogens (tertiary/aromatic N) is 2. The first-order chi connectivity index (χ1) is 18.4. The van der Waals surface area contributed by atoms with Gasteiger partial charge in [0.25, 0.3) is 5.91 Å². The van der Waals surface area contributed by atoms with Crippen molar-refractivity contribution in [1.82, 2.24) is 15.1 Å². The van der Waals surface area contributed by atoms with E-state index in [0.717, 1.165) is 25.9 Å². The topological polar surface area (TPSA) is 163 Å². The number of aliphatic hydroxyl groups is 3. The van der Waals surface area contributed by atoms with Crippen LogP contribution in [0.25, 0.3) is 5.76 Å². The van der Waals surface area contributed by atoms with Crippen molar-refractivity contribution in [3.05, 3.63) is 40.2 Å². The summed E-state index contributed by atoms with van der Waals surface area (Å²) in [4.78, 5) is 43.6. The third-order valence-electron chi connectivity index (χ3n) is 8.88. The molecule has 210 valence electrons. The number of phenols is 1. The number of Topliss-reactive ketones (excluding diaryl/α,β-unsaturated/α-hetero) is 2. The maximum Gasteiger partial charge on any atom is 0.258 e. The molecule has 3 aliphatic carbocycles. The third kappa shape index (κ3) is 4.02. The number of carbonyl (C=O) groups excluding carboxylic acids is 3. The van der Waals surface area contributed by atoms with Crippen molar-refractivity contribution in [3.8, 4) is 5.75 Å². The Labute approximate surface area is 226 Å². The fraction of sp³-hybridized carbons (Fsp3) is 0.536. The zero-order valence-corrected chi connectivity index (χ0v) is 22.6. The van der Waals surface area contributed by atoms with E-state index >= 15 is 0 Å². The number of anilines is 1. The van der Waals surface area contributed by atoms with Crippen molar-refractivity contribution < 1.29 is 34.8 Å². The molecule has 2 fully saturated rings. The summed E-state index contributed by atoms with van der Waals surface area (Å²) in [6.07, 6.45) is 2.16. The molecule has 0 spiro atoms. The van der Waals surface area contributed by atoms with E-state index in [1.807, 2.05) is 0 Å². The molecule has 5 rings (SSSR count). The molecule has 0 aromatic heterocycles. The van der Waals surface area contributed by atoms with Gasteiger partial charge in [-0.1, -0.05) is 6.07 Å². The second-order valence-electron chi connectivity index (χ2n) is 11.4. The van der Waals surface area contributed by atoms with Gasteiger partial charge in [-0.25, -0.2) is 0 Å². The van der Waals surface area contributed by atoms with Crippen LogP contribution in [0.15, 0.2) is 29.0 Å². The molecule has 0 radical (unpaired) electrons. The zero-order chi connectivity index (χ0) is 28.4. The normalized spacial score (nSPS) is 29.7. The van der Waals surface area contributed by atoms with Crippen LogP contribution >= 0.6 is 0 Å². The number of likely N-dealkylation sites (N-methyl/N-ethyl adjacent to an activating group) is 2. The summed E-state index contributed by atoms with van der Waals surface area (Å²) in [7, 11) is 6.54. The zero-order valence-electron chi connectivity index (χ0n) is 22.6. The fourth-order valence-corrected chi connectivity index (χ4v) is 6.81. The fourth-order valence-electron chi connectivity index (χ4n) is 6.81. The summed E-state index contributed by atoms with van der Waals surface area (Å²) >= 11 is 0. The van der Waals surface area contributed by atoms with Gasteiger partial charge in [-0.2, -0.15) is 0 Å². The lowest BCUT2D eigenvalue weighted by molar-refractivity contribution is -0.153. The SMILES string of the molecule is CNC(=O)C1=C(O)C2(O)C(=O)C3=C(O)c4c(ccc(NC5CCN(C)CC5)c4O)CC3CC2C(N(C)C)C1=O. The number of likely N-dealkylation sites (tertiary alicyclic amines) is 1. The summed E-state index contributed by atoms with van der Waals surface area (Å²) in [5.41, 5.74) is -2.20. The van der Waals surface area contributed by atoms with Gasteiger partial charge in [0, 0.05) is 24.6 Å². The largest absolute Gasteiger partial charge is 0.508 e. The predicted molar refractivity (Wildman–Crippen MR) is 143 cm³/mol. The number of carbonyl (C=O) groups is 3. The summed E-state index contributed by atoms with van der Waals surface area (Å²) in [6, 6.07) is 2.66. The first-order valence-electron chi connectivity index (χ1n) is 13.3. The molecule has 4 unspecified atom stereocenters. The van der Waals surface area contributed by atoms with E-state index in [9.17, 15) is 34.8 Å². The van der Waals surface area contributed by atoms with Crippen molar-refractivity contribution in [2.75, 3.05) is 46.6 Å². The second-order valence-corrected chi connectivity index (χ2v) is 11.4. The lowest BCUT2D eigenvalue weighted by Crippen LogP contribution is -2.65. The predicted octanol–water partition coefficient (Wildman–Crippen LogP) is 0.731. The van der Waals surface area contributed by atoms with E-state index < -0.39 is 58.0 Å². The number of phenolic OH excluding ortho intramolecular Hbond substituents is 1. The van der Waals surface area contributed by atoms with Gasteiger partial charge >= 0.3 is 0 Å². The Morgan fingerprint density at radius 2 is 1.79 bits per heavy atom. The summed E-state index contributed by atoms with van der Waals surface area (Å²) in [5.74, 6) is -5.85. The monoisotopic (exact) mass is 540 g/mol. The van der Waals surface area contributed by atoms with E-state index in [1.165, 1.54) is 11.9 Å². The highest BCUT2D eigenvalue weighted by atomic mass is 16.3. The van der Waals surface area contributed by atoms with E-state index in [4.69, 9.17) is 0 Å². The lowest BCUT2D eigenvalue weighted by atomic mass is 9.57. The third-order valence-corrected chi connectivity index (χ3v) is 8.88. The smallest absolute Gasteiger partial charge is 0.258 e. The van der Waals surface area contributed by atoms with Gasteiger partial charge in [0.15, 0.2) is 11.4 Å². The molecule has 4 atom stereocenters. The number of nitrogens with one attached hydrogen (secondary N) is 2. The molecule has 1 amide bonds. The first-order valence-corrected chi connectivity index (χ1v) is 13.3. The maximum atomic E-state index is 14.0. The van der Waals surface area contributed by atoms with Crippen molar-refractivity contribution >= 4 is 28.9 Å². The lowest BCUT2D eigenvalue weighted by Gasteiger charge is -2.50. The highest BCUT2D eigenvalue weighted by molar-refractivity contribution is 6.24. The van der Waals surface area contributed by atoms with Crippen molar-refractivity contribution in [1.29, 1.82) is 0 Å². The van der Waals surface area contributed by atoms with Crippen LogP contribution < -0.4 is 10.6 Å². The molecule has 39 heavy (non-hydrogen) atoms. The molecule has 1 saturated heterocycles. The van der Waals surface area contributed by atoms with Gasteiger partial charge < -0.3 is 36.0 Å². The molecule has 6 N–H and O–H groups in total. The van der Waals surface area contributed by atoms with E-state index in [0.29, 0.717) is 11.3 Å². The van der Waals surface area contributed by atoms with Gasteiger partial charge in [-0.15, -0.1) is 0 Å². The Kier molecular flexibility index (Phi) is 6.72. The number of hydrogen-bond acceptors (Lipinski definition) is 10. The number of ketones is 2. The molecular formula is C28H36N4O7. The van der Waals surface area contributed by atoms with Crippen LogP contribution in [0.5, 0.6) is 5.75 Å². The Morgan fingerprint density at radius 1 is 1.13 bits per heavy atom. The maximum absolute atomic E-state index is 14.0. The molecule has 1 heterocycles. The van der Waals surface area contributed by atoms with Crippen LogP contribution in [0.3, 0.4) is 0 Å². The summed E-state index contributed by atoms with van der Waals surface area (Å²) in [5, 5.41) is 51.1. The number of rotatable bonds is 4. The van der Waals surface area contributed by atoms with Gasteiger partial charge in [0.05, 0.1) is 17.3 Å². The number of aromatic hydroxyl groups is 1. The second kappa shape index (κ2) is 9.65. The minimum Gasteiger partial charge on any atom is -0.508 e. The summed E-state index contributed by atoms with van der Waals surface area (Å²) in [6.45, 7) is 1.83. The highest BCUT2D eigenvalue weighted by Crippen LogP contribution is 2.53. The van der Waals surface area contributed by atoms with Gasteiger partial charge in [-0.05, 0) is 77.5 Å². The van der Waals surface area contributed by atoms with E-state index in [-0.39, 0.29) is 35.8 Å². The van der Waals surface area contributed by atoms with Crippen molar-refractivity contribution in [2.24, 2.45) is 11.8 Å². The quantitative estimate of drug-likeness (QED) is 0.237. The van der Waals surface area contributed by atoms with Gasteiger partial charge in [0.1, 0.15) is 22.8 Å². The average Bonchev–Trinajstić information content (AvgIpc) is 2.88. The molecule has 11 nitrogen and oxygen atoms in total. The number of benzene rings is 1. The van der Waals surface area contributed by atoms with Gasteiger partial charge in [-0.3, -0.25) is 19.3 Å². The molecular weight excluding hydrogens is 504 g/mol. The minimum absolute atomic E-state index is 0.0943. The molecule has 4 aliphatic rings. The number of amides is 1. The van der Waals surface area contributed by atoms with Crippen LogP contribution in [0.2, 0.25) is 0 Å². The minimum atomic E-state index is -2.60. The van der Waals surface area contributed by atoms with Crippen LogP contribution in [0.4, 0.5) is 5.69 Å². The number of piperidine rings is 1. The van der Waals surface area contributed by atoms with Crippen LogP contribution in [0, 0.1) is 11.8 Å². The van der Waals surface area contributed by atoms with Crippen LogP contribution in [0.1, 0.15) is 30.4 Å². The number of fused-ring (bicyclic) bond motifs is 3. The summed E-state index contributed by atoms with van der Waals surface area (Å²) < 4.78 is 0. The Morgan fingerprint density at radius 3 is 2.41 bits per heavy atom. The molecule has 11 heteroatoms. The standard InChI is InChI=1S/C28H36N4O7/c1-29-27(38)20-24(35)21(31(2)3)16-12-14-11-13-5-6-17(30-15-7-9-32(4)10-8-15)22(33)18(13)23(34)19(14)25(36)28(16,39)26(20)37/h5-6,14-16,21,30,33-34,37,39H,7-12H2,1-4H3,(H,29,38). The molecule has 1 aromatic carbocycles. The molecule has 0 bridgehead atoms. The van der Waals surface area contributed by atoms with Crippen LogP contribution in [-0.4, -0.2) is 107 Å². The first kappa shape index (κ1) is 27.2. The van der Waals surface area contributed by atoms with E-state index in [2.05, 4.69) is 22.6 Å². The van der Waals surface area contributed by atoms with Gasteiger partial charge in [0.2, 0.25) is 5.78 Å². The van der Waals surface area contributed by atoms with Crippen molar-refractivity contribution in [3.63, 3.8) is 0 Å². The van der Waals surface area contributed by atoms with Crippen molar-refractivity contribution in [2.45, 2.75) is 43.4 Å². The molecule has 1 aromatic rings. The highest BCUT2D eigenvalue weighted by Gasteiger charge is 2.64. The Hall–Kier alpha value is -3.41. The van der Waals surface area contributed by atoms with Crippen LogP contribution in [-0.2, 0) is 20.8 Å². The number of aliphatic hydroxyl groups excluding tert-OH is 2. The average molecular weight is 541 g/mol. The Bertz CT molecular complexity index is 1310. The molecule has 1 aliphatic heterocycles. The molecule has 1 saturated carbocycles. The van der Waals surface area contributed by atoms with E-state index in [1.54, 1.807) is 26.2 Å².